The molecule has 3 heterocycles. The van der Waals surface area contributed by atoms with E-state index in [4.69, 9.17) is 15.2 Å². The van der Waals surface area contributed by atoms with Crippen LogP contribution in [0.4, 0.5) is 11.4 Å². The third-order valence-corrected chi connectivity index (χ3v) is 25.3. The Balaban J connectivity index is 0.000000555. The number of hydrogen-bond donors (Lipinski definition) is 8. The summed E-state index contributed by atoms with van der Waals surface area (Å²) in [6.45, 7) is 36.6. The number of carboxylic acids is 2. The molecule has 9 N–H and O–H groups in total. The van der Waals surface area contributed by atoms with Gasteiger partial charge in [0, 0.05) is 161 Å². The highest BCUT2D eigenvalue weighted by molar-refractivity contribution is 6.03. The van der Waals surface area contributed by atoms with Gasteiger partial charge in [-0.2, -0.15) is 4.58 Å². The summed E-state index contributed by atoms with van der Waals surface area (Å²) in [5.74, 6) is -11.0. The van der Waals surface area contributed by atoms with Crippen LogP contribution >= 0.6 is 0 Å². The average molecular weight is 1840 g/mol. The molecule has 5 rings (SSSR count). The van der Waals surface area contributed by atoms with E-state index < -0.39 is 114 Å². The number of carbonyl (C=O) groups is 13. The number of primary amides is 1. The van der Waals surface area contributed by atoms with Gasteiger partial charge in [-0.25, -0.2) is 0 Å². The van der Waals surface area contributed by atoms with Crippen molar-refractivity contribution in [1.29, 1.82) is 0 Å². The first-order chi connectivity index (χ1) is 62.8. The Kier molecular flexibility index (Phi) is 54.1. The van der Waals surface area contributed by atoms with Gasteiger partial charge in [0.1, 0.15) is 18.9 Å². The Morgan fingerprint density at radius 1 is 0.538 bits per heavy atom. The number of nitrogens with one attached hydrogen (secondary N) is 5. The van der Waals surface area contributed by atoms with Crippen molar-refractivity contribution in [2.24, 2.45) is 41.2 Å². The van der Waals surface area contributed by atoms with Gasteiger partial charge in [-0.15, -0.1) is 5.10 Å². The van der Waals surface area contributed by atoms with Crippen LogP contribution in [0.15, 0.2) is 66.5 Å². The van der Waals surface area contributed by atoms with Gasteiger partial charge >= 0.3 is 11.9 Å². The molecule has 0 saturated carbocycles. The van der Waals surface area contributed by atoms with Crippen LogP contribution in [0.1, 0.15) is 350 Å². The molecule has 28 heteroatoms. The number of carbonyl (C=O) groups excluding carboxylic acids is 11. The molecule has 2 aromatic carbocycles. The molecule has 0 aliphatic carbocycles. The smallest absolute Gasteiger partial charge is 0.303 e. The first-order valence-electron chi connectivity index (χ1n) is 49.6. The Morgan fingerprint density at radius 3 is 1.73 bits per heavy atom. The normalized spacial score (nSPS) is 15.0. The minimum Gasteiger partial charge on any atom is -0.481 e. The van der Waals surface area contributed by atoms with Gasteiger partial charge in [-0.1, -0.05) is 219 Å². The van der Waals surface area contributed by atoms with E-state index in [1.807, 2.05) is 27.0 Å². The molecule has 1 aromatic heterocycles. The number of nitrogens with two attached hydrogens (primary N) is 1. The fourth-order valence-electron chi connectivity index (χ4n) is 17.1. The lowest BCUT2D eigenvalue weighted by molar-refractivity contribution is -0.438. The van der Waals surface area contributed by atoms with E-state index in [-0.39, 0.29) is 84.8 Å². The molecule has 0 fully saturated rings. The lowest BCUT2D eigenvalue weighted by Crippen LogP contribution is -2.49. The number of hydrogen-bond acceptors (Lipinski definition) is 18. The maximum absolute atomic E-state index is 13.6. The number of nitrogens with zero attached hydrogens (tertiary/aromatic N) is 5. The minimum absolute atomic E-state index is 0.0146. The van der Waals surface area contributed by atoms with Gasteiger partial charge in [0.15, 0.2) is 28.8 Å². The molecule has 7 atom stereocenters. The number of benzene rings is 2. The number of Topliss-reactive ketones (excluding diaryl/α,β-unsaturated/α-hetero) is 5. The van der Waals surface area contributed by atoms with Crippen LogP contribution in [-0.4, -0.2) is 183 Å². The van der Waals surface area contributed by atoms with Gasteiger partial charge in [0.25, 0.3) is 0 Å². The highest BCUT2D eigenvalue weighted by Crippen LogP contribution is 2.49. The van der Waals surface area contributed by atoms with Crippen LogP contribution in [0.3, 0.4) is 0 Å². The monoisotopic (exact) mass is 1840 g/mol. The predicted octanol–water partition coefficient (Wildman–Crippen LogP) is 16.5. The van der Waals surface area contributed by atoms with Crippen molar-refractivity contribution >= 4 is 93.4 Å². The van der Waals surface area contributed by atoms with Crippen LogP contribution in [0.25, 0.3) is 0 Å². The number of rotatable bonds is 71. The van der Waals surface area contributed by atoms with Crippen molar-refractivity contribution in [1.82, 2.24) is 41.6 Å². The summed E-state index contributed by atoms with van der Waals surface area (Å²) in [4.78, 5) is 168. The average Bonchev–Trinajstić information content (AvgIpc) is 1.59. The Labute approximate surface area is 788 Å². The third kappa shape index (κ3) is 42.4. The van der Waals surface area contributed by atoms with Crippen molar-refractivity contribution in [3.05, 3.63) is 94.5 Å². The molecule has 0 spiro atoms. The third-order valence-electron chi connectivity index (χ3n) is 25.3. The van der Waals surface area contributed by atoms with E-state index >= 15 is 0 Å². The largest absolute Gasteiger partial charge is 0.481 e. The van der Waals surface area contributed by atoms with Gasteiger partial charge in [0.05, 0.1) is 49.1 Å². The lowest BCUT2D eigenvalue weighted by Gasteiger charge is -2.27. The van der Waals surface area contributed by atoms with Crippen molar-refractivity contribution in [2.75, 3.05) is 57.5 Å². The molecule has 132 heavy (non-hydrogen) atoms. The molecule has 28 nitrogen and oxygen atoms in total. The Morgan fingerprint density at radius 2 is 1.11 bits per heavy atom. The number of carboxylic acid groups (broad SMARTS) is 2. The number of aliphatic carboxylic acids is 2. The number of unbranched alkanes of at least 4 members (excludes halogenated alkanes) is 18. The number of aryl methyl sites for hydroxylation is 4. The molecular weight excluding hydrogens is 1680 g/mol. The predicted molar refractivity (Wildman–Crippen MR) is 519 cm³/mol. The number of ether oxygens (including phenoxy) is 2. The fraction of sp³-hybridized carbons (Fsp3) is 0.692. The fourth-order valence-corrected chi connectivity index (χ4v) is 17.1. The van der Waals surface area contributed by atoms with Gasteiger partial charge in [0.2, 0.25) is 41.1 Å². The van der Waals surface area contributed by atoms with Crippen LogP contribution in [0, 0.1) is 49.4 Å². The van der Waals surface area contributed by atoms with Crippen molar-refractivity contribution in [2.45, 2.75) is 377 Å². The molecular formula is C104H166N11O17+. The number of allylic oxidation sites excluding steroid dienone is 4. The zero-order valence-corrected chi connectivity index (χ0v) is 83.1. The maximum Gasteiger partial charge on any atom is 0.303 e. The van der Waals surface area contributed by atoms with E-state index in [9.17, 15) is 72.5 Å². The second-order valence-electron chi connectivity index (χ2n) is 38.5. The van der Waals surface area contributed by atoms with Gasteiger partial charge in [-0.3, -0.25) is 67.0 Å². The number of fused-ring (bicyclic) bond motifs is 2. The van der Waals surface area contributed by atoms with E-state index in [1.54, 1.807) is 18.5 Å². The second-order valence-corrected chi connectivity index (χ2v) is 38.5. The second kappa shape index (κ2) is 62.2. The molecule has 738 valence electrons. The van der Waals surface area contributed by atoms with Crippen LogP contribution < -0.4 is 37.2 Å². The minimum atomic E-state index is -1.35. The molecule has 0 unspecified atom stereocenters. The molecule has 0 bridgehead atoms. The number of anilines is 1. The first-order valence-corrected chi connectivity index (χ1v) is 49.6. The molecule has 2 aliphatic rings. The Bertz CT molecular complexity index is 4250. The van der Waals surface area contributed by atoms with Crippen molar-refractivity contribution < 1.29 is 86.6 Å². The number of aromatic nitrogens is 3. The van der Waals surface area contributed by atoms with Crippen LogP contribution in [-0.2, 0) is 95.6 Å². The number of amides is 6. The summed E-state index contributed by atoms with van der Waals surface area (Å²) >= 11 is 0. The molecule has 6 amide bonds. The summed E-state index contributed by atoms with van der Waals surface area (Å²) in [7, 11) is 0. The van der Waals surface area contributed by atoms with Crippen molar-refractivity contribution in [3.63, 3.8) is 0 Å². The van der Waals surface area contributed by atoms with Gasteiger partial charge in [-0.05, 0) is 129 Å². The molecule has 0 saturated heterocycles. The highest BCUT2D eigenvalue weighted by atomic mass is 16.5. The first kappa shape index (κ1) is 115. The summed E-state index contributed by atoms with van der Waals surface area (Å²) in [6.07, 6.45) is 33.0. The maximum atomic E-state index is 13.6. The van der Waals surface area contributed by atoms with Gasteiger partial charge < -0.3 is 56.9 Å². The van der Waals surface area contributed by atoms with Crippen LogP contribution in [0.5, 0.6) is 0 Å². The summed E-state index contributed by atoms with van der Waals surface area (Å²) in [6, 6.07) is 10.3. The quantitative estimate of drug-likeness (QED) is 0.0192. The van der Waals surface area contributed by atoms with Crippen LogP contribution in [0.2, 0.25) is 0 Å². The van der Waals surface area contributed by atoms with Crippen molar-refractivity contribution in [3.8, 4) is 0 Å². The SMILES string of the molecule is CCCCCCCCCCCCCCCC(=O)C[C@H](C(=O)N[C@H](C(=O)C[C@@H](C)C(=O)N[C@@H](C)C(=O)C[C@@H](CCC(=O)O)C(=O)N[C@@H](CCC(=O)O)C(=O)C[C@@H](CCCCCC)C(N)=O)C(C)C)C(C)C.CCCCN1/C(=C/C=C/C2=[N+](CCCCCC(=O)NCCCn3cc(CCC(=O)NCCOCCOCC(C)=O)nn3)c3ccc(C)cc3C2(C)C)C(C)(C)c2cc(C)ccc21. The van der Waals surface area contributed by atoms with E-state index in [2.05, 4.69) is 156 Å². The molecule has 3 aromatic rings. The molecule has 0 radical (unpaired) electrons. The highest BCUT2D eigenvalue weighted by Gasteiger charge is 2.45. The summed E-state index contributed by atoms with van der Waals surface area (Å²) < 4.78 is 14.8. The summed E-state index contributed by atoms with van der Waals surface area (Å²) in [5, 5.41) is 41.0. The van der Waals surface area contributed by atoms with E-state index in [0.29, 0.717) is 78.0 Å². The zero-order valence-electron chi connectivity index (χ0n) is 83.1. The molecule has 2 aliphatic heterocycles. The zero-order chi connectivity index (χ0) is 97.9. The number of ketones is 5. The van der Waals surface area contributed by atoms with E-state index in [1.165, 1.54) is 124 Å². The topological polar surface area (TPSA) is 404 Å². The lowest BCUT2D eigenvalue weighted by atomic mass is 9.80. The Hall–Kier alpha value is -9.44. The standard InChI is InChI=1S/C54H94N4O12.C50H71N7O5/c1-9-11-13-15-16-17-18-19-20-21-22-23-25-27-42(59)35-43(36(3)4)54(70)58-50(37(5)6)47(62)32-38(7)52(68)56-39(8)45(60)34-41(28-30-48(63)64)53(69)57-44(29-31-49(65)66)46(61)33-40(51(55)67)26-24-14-12-10-2;1-9-10-28-56-43-22-19-37(2)33-41(43)49(5,6)45(56)16-14-17-46-50(7,8)42-34-38(3)20-23-44(42)57(46)29-13-11-12-18-47(59)51-25-15-27-55-35-40(53-54-55)21-24-48(60)52-26-30-61-31-32-62-36-39(4)58/h36-41,43-44,50H,9-35H2,1-8H3,(H2,55,67)(H,56,68)(H,57,69)(H,58,70)(H,63,64)(H,65,66);14,16-17,19-20,22-23,33-35H,9-13,15,18,21,24-32,36H2,1-8H3,(H-,51,52,59,60)/p+1/t38-,39+,40-,41-,43+,44+,50+;/m1./s1. The van der Waals surface area contributed by atoms with E-state index in [0.717, 1.165) is 102 Å². The summed E-state index contributed by atoms with van der Waals surface area (Å²) in [5.41, 5.74) is 16.7.